The predicted molar refractivity (Wildman–Crippen MR) is 111 cm³/mol. The van der Waals surface area contributed by atoms with Crippen molar-refractivity contribution in [1.29, 1.82) is 0 Å². The van der Waals surface area contributed by atoms with Gasteiger partial charge in [0.05, 0.1) is 30.4 Å². The van der Waals surface area contributed by atoms with Gasteiger partial charge in [0, 0.05) is 43.9 Å². The van der Waals surface area contributed by atoms with Crippen molar-refractivity contribution in [1.82, 2.24) is 45.6 Å². The number of aryl methyl sites for hydroxylation is 1. The molecular formula is C20H22N11O2+. The number of amides is 1. The molecule has 3 N–H and O–H groups in total. The summed E-state index contributed by atoms with van der Waals surface area (Å²) in [5.41, 5.74) is 3.57. The largest absolute Gasteiger partial charge is 0.420 e. The van der Waals surface area contributed by atoms with Crippen molar-refractivity contribution in [3.8, 4) is 11.5 Å². The molecule has 0 aliphatic carbocycles. The van der Waals surface area contributed by atoms with E-state index in [9.17, 15) is 4.79 Å². The summed E-state index contributed by atoms with van der Waals surface area (Å²) >= 11 is 0. The van der Waals surface area contributed by atoms with E-state index < -0.39 is 0 Å². The molecule has 0 fully saturated rings. The quantitative estimate of drug-likeness (QED) is 0.352. The highest BCUT2D eigenvalue weighted by Crippen LogP contribution is 2.20. The summed E-state index contributed by atoms with van der Waals surface area (Å²) in [6.07, 6.45) is 7.84. The zero-order chi connectivity index (χ0) is 22.2. The van der Waals surface area contributed by atoms with Gasteiger partial charge in [-0.3, -0.25) is 4.79 Å². The molecule has 0 saturated carbocycles. The predicted octanol–water partition coefficient (Wildman–Crippen LogP) is -0.185. The standard InChI is InChI=1S/C20H21N11O2/c32-18(30-5-3-15-16(11-30)26-29-25-15)8-17-27-28-19(33-17)12-9-21-20(22-10-12)24-13-2-6-31-14(7-13)1-4-23-31/h1,4,9-10,13H,2-3,5-8,11H2,(H2,21,22,24,25,26,28,29)/p+1. The van der Waals surface area contributed by atoms with E-state index in [2.05, 4.69) is 56.7 Å². The van der Waals surface area contributed by atoms with Crippen LogP contribution in [-0.4, -0.2) is 64.1 Å². The van der Waals surface area contributed by atoms with Crippen LogP contribution in [0.5, 0.6) is 0 Å². The van der Waals surface area contributed by atoms with E-state index in [1.807, 2.05) is 6.20 Å². The minimum Gasteiger partial charge on any atom is -0.420 e. The van der Waals surface area contributed by atoms with Crippen LogP contribution in [0.1, 0.15) is 29.4 Å². The van der Waals surface area contributed by atoms with E-state index in [-0.39, 0.29) is 30.2 Å². The molecule has 13 heteroatoms. The first kappa shape index (κ1) is 19.5. The topological polar surface area (TPSA) is 158 Å². The van der Waals surface area contributed by atoms with Crippen molar-refractivity contribution in [2.75, 3.05) is 11.9 Å². The maximum Gasteiger partial charge on any atom is 0.250 e. The van der Waals surface area contributed by atoms with E-state index in [4.69, 9.17) is 4.42 Å². The molecule has 0 radical (unpaired) electrons. The molecule has 2 aliphatic heterocycles. The number of carbonyl (C=O) groups is 1. The number of nitrogens with one attached hydrogen (secondary N) is 3. The second kappa shape index (κ2) is 8.07. The van der Waals surface area contributed by atoms with Crippen LogP contribution in [0, 0.1) is 0 Å². The van der Waals surface area contributed by atoms with Crippen LogP contribution in [0.4, 0.5) is 5.95 Å². The van der Waals surface area contributed by atoms with Crippen molar-refractivity contribution in [2.24, 2.45) is 0 Å². The fourth-order valence-corrected chi connectivity index (χ4v) is 4.24. The zero-order valence-electron chi connectivity index (χ0n) is 17.7. The second-order valence-electron chi connectivity index (χ2n) is 8.19. The molecule has 0 saturated heterocycles. The Balaban J connectivity index is 1.07. The first-order valence-corrected chi connectivity index (χ1v) is 10.8. The number of rotatable bonds is 5. The maximum atomic E-state index is 12.6. The lowest BCUT2D eigenvalue weighted by Crippen LogP contribution is -2.47. The highest BCUT2D eigenvalue weighted by atomic mass is 16.4. The Labute approximate surface area is 187 Å². The van der Waals surface area contributed by atoms with E-state index in [1.54, 1.807) is 17.3 Å². The number of hydrogen-bond acceptors (Lipinski definition) is 9. The number of H-pyrrole nitrogens is 2. The smallest absolute Gasteiger partial charge is 0.250 e. The summed E-state index contributed by atoms with van der Waals surface area (Å²) in [4.78, 5) is 23.2. The van der Waals surface area contributed by atoms with Gasteiger partial charge in [-0.25, -0.2) is 9.97 Å². The molecule has 4 aromatic rings. The van der Waals surface area contributed by atoms with Crippen molar-refractivity contribution in [3.05, 3.63) is 47.6 Å². The van der Waals surface area contributed by atoms with Gasteiger partial charge in [-0.2, -0.15) is 20.5 Å². The number of fused-ring (bicyclic) bond motifs is 2. The highest BCUT2D eigenvalue weighted by Gasteiger charge is 2.27. The third kappa shape index (κ3) is 3.92. The van der Waals surface area contributed by atoms with Crippen molar-refractivity contribution < 1.29 is 13.9 Å². The lowest BCUT2D eigenvalue weighted by molar-refractivity contribution is -0.761. The molecule has 1 atom stereocenters. The van der Waals surface area contributed by atoms with Crippen LogP contribution in [0.3, 0.4) is 0 Å². The summed E-state index contributed by atoms with van der Waals surface area (Å²) in [5, 5.41) is 25.4. The summed E-state index contributed by atoms with van der Waals surface area (Å²) in [7, 11) is 0. The minimum absolute atomic E-state index is 0.0293. The van der Waals surface area contributed by atoms with Gasteiger partial charge in [-0.05, 0) is 0 Å². The molecule has 33 heavy (non-hydrogen) atoms. The summed E-state index contributed by atoms with van der Waals surface area (Å²) in [6.45, 7) is 1.95. The lowest BCUT2D eigenvalue weighted by Gasteiger charge is -2.24. The van der Waals surface area contributed by atoms with Gasteiger partial charge < -0.3 is 14.6 Å². The molecule has 13 nitrogen and oxygen atoms in total. The Morgan fingerprint density at radius 1 is 1.24 bits per heavy atom. The second-order valence-corrected chi connectivity index (χ2v) is 8.19. The molecule has 168 valence electrons. The van der Waals surface area contributed by atoms with Crippen LogP contribution < -0.4 is 10.00 Å². The molecule has 1 amide bonds. The molecule has 0 spiro atoms. The zero-order valence-corrected chi connectivity index (χ0v) is 17.7. The molecule has 1 unspecified atom stereocenters. The third-order valence-corrected chi connectivity index (χ3v) is 6.03. The Morgan fingerprint density at radius 3 is 3.03 bits per heavy atom. The minimum atomic E-state index is -0.0918. The van der Waals surface area contributed by atoms with E-state index >= 15 is 0 Å². The van der Waals surface area contributed by atoms with Crippen LogP contribution in [-0.2, 0) is 37.1 Å². The third-order valence-electron chi connectivity index (χ3n) is 6.03. The van der Waals surface area contributed by atoms with E-state index in [1.165, 1.54) is 5.69 Å². The Bertz CT molecular complexity index is 1280. The SMILES string of the molecule is O=C(Cc1nnc(-c2cnc(NC3CC[n+]4[nH]ccc4C3)nc2)o1)N1CCc2n[nH]nc2C1. The molecule has 0 bridgehead atoms. The monoisotopic (exact) mass is 448 g/mol. The fraction of sp³-hybridized carbons (Fsp3) is 0.400. The van der Waals surface area contributed by atoms with Crippen LogP contribution in [0.2, 0.25) is 0 Å². The number of anilines is 1. The van der Waals surface area contributed by atoms with Gasteiger partial charge in [-0.15, -0.1) is 14.9 Å². The first-order valence-electron chi connectivity index (χ1n) is 10.8. The molecule has 2 aliphatic rings. The van der Waals surface area contributed by atoms with Gasteiger partial charge in [0.2, 0.25) is 23.4 Å². The Hall–Kier alpha value is -4.16. The Morgan fingerprint density at radius 2 is 2.12 bits per heavy atom. The number of carbonyl (C=O) groups excluding carboxylic acids is 1. The van der Waals surface area contributed by atoms with Gasteiger partial charge in [-0.1, -0.05) is 0 Å². The summed E-state index contributed by atoms with van der Waals surface area (Å²) in [6, 6.07) is 2.36. The lowest BCUT2D eigenvalue weighted by atomic mass is 10.0. The number of nitrogens with zero attached hydrogens (tertiary/aromatic N) is 8. The average Bonchev–Trinajstić information content (AvgIpc) is 3.59. The summed E-state index contributed by atoms with van der Waals surface area (Å²) < 4.78 is 7.84. The number of aromatic nitrogens is 9. The number of hydrogen-bond donors (Lipinski definition) is 3. The maximum absolute atomic E-state index is 12.6. The molecular weight excluding hydrogens is 426 g/mol. The van der Waals surface area contributed by atoms with E-state index in [0.29, 0.717) is 31.0 Å². The van der Waals surface area contributed by atoms with Crippen molar-refractivity contribution in [2.45, 2.75) is 44.8 Å². The Kier molecular flexibility index (Phi) is 4.78. The fourth-order valence-electron chi connectivity index (χ4n) is 4.24. The number of aromatic amines is 2. The molecule has 6 heterocycles. The molecule has 4 aromatic heterocycles. The van der Waals surface area contributed by atoms with Crippen molar-refractivity contribution in [3.63, 3.8) is 0 Å². The van der Waals surface area contributed by atoms with Crippen LogP contribution >= 0.6 is 0 Å². The van der Waals surface area contributed by atoms with Gasteiger partial charge in [0.15, 0.2) is 6.54 Å². The van der Waals surface area contributed by atoms with E-state index in [0.717, 1.165) is 30.8 Å². The molecule has 6 rings (SSSR count). The highest BCUT2D eigenvalue weighted by molar-refractivity contribution is 5.78. The van der Waals surface area contributed by atoms with Crippen molar-refractivity contribution >= 4 is 11.9 Å². The van der Waals surface area contributed by atoms with Crippen LogP contribution in [0.15, 0.2) is 29.1 Å². The molecule has 0 aromatic carbocycles. The normalized spacial score (nSPS) is 17.5. The van der Waals surface area contributed by atoms with Gasteiger partial charge in [0.25, 0.3) is 5.89 Å². The average molecular weight is 448 g/mol. The first-order chi connectivity index (χ1) is 16.2. The summed E-state index contributed by atoms with van der Waals surface area (Å²) in [5.74, 6) is 1.00. The van der Waals surface area contributed by atoms with Gasteiger partial charge in [0.1, 0.15) is 12.1 Å². The van der Waals surface area contributed by atoms with Gasteiger partial charge >= 0.3 is 0 Å². The van der Waals surface area contributed by atoms with Crippen LogP contribution in [0.25, 0.3) is 11.5 Å².